The zero-order valence-corrected chi connectivity index (χ0v) is 30.3. The van der Waals surface area contributed by atoms with Crippen LogP contribution in [-0.4, -0.2) is 82.6 Å². The number of carbonyl (C=O) groups excluding carboxylic acids is 5. The summed E-state index contributed by atoms with van der Waals surface area (Å²) < 4.78 is 5.39. The van der Waals surface area contributed by atoms with E-state index in [1.54, 1.807) is 42.7 Å². The first-order valence-corrected chi connectivity index (χ1v) is 17.0. The van der Waals surface area contributed by atoms with Crippen molar-refractivity contribution in [2.24, 2.45) is 5.41 Å². The molecule has 50 heavy (non-hydrogen) atoms. The Bertz CT molecular complexity index is 1660. The number of aldehydes is 1. The number of fused-ring (bicyclic) bond motifs is 1. The van der Waals surface area contributed by atoms with Gasteiger partial charge in [-0.1, -0.05) is 99.6 Å². The second-order valence-electron chi connectivity index (χ2n) is 15.0. The first-order chi connectivity index (χ1) is 23.6. The molecule has 0 spiro atoms. The Balaban J connectivity index is 1.64. The predicted molar refractivity (Wildman–Crippen MR) is 192 cm³/mol. The summed E-state index contributed by atoms with van der Waals surface area (Å²) in [5.74, 6) is -1.10. The minimum absolute atomic E-state index is 0.201. The molecule has 2 unspecified atom stereocenters. The highest BCUT2D eigenvalue weighted by Gasteiger charge is 2.43. The van der Waals surface area contributed by atoms with E-state index in [2.05, 4.69) is 5.32 Å². The van der Waals surface area contributed by atoms with E-state index < -0.39 is 35.1 Å². The first kappa shape index (κ1) is 37.8. The third-order valence-corrected chi connectivity index (χ3v) is 8.64. The number of nitrogens with zero attached hydrogens (tertiary/aromatic N) is 3. The number of hydrogen-bond donors (Lipinski definition) is 1. The fourth-order valence-electron chi connectivity index (χ4n) is 5.92. The molecule has 0 fully saturated rings. The molecule has 0 radical (unpaired) electrons. The monoisotopic (exact) mass is 682 g/mol. The van der Waals surface area contributed by atoms with E-state index in [0.717, 1.165) is 28.5 Å². The van der Waals surface area contributed by atoms with E-state index in [1.165, 1.54) is 11.9 Å². The zero-order chi connectivity index (χ0) is 36.6. The number of rotatable bonds is 11. The van der Waals surface area contributed by atoms with Gasteiger partial charge in [0.15, 0.2) is 0 Å². The van der Waals surface area contributed by atoms with Gasteiger partial charge in [0.25, 0.3) is 0 Å². The van der Waals surface area contributed by atoms with Gasteiger partial charge >= 0.3 is 6.09 Å². The van der Waals surface area contributed by atoms with Crippen LogP contribution in [0.25, 0.3) is 0 Å². The summed E-state index contributed by atoms with van der Waals surface area (Å²) in [4.78, 5) is 71.1. The lowest BCUT2D eigenvalue weighted by Gasteiger charge is -2.42. The average molecular weight is 683 g/mol. The largest absolute Gasteiger partial charge is 0.444 e. The molecular formula is C40H50N4O6. The lowest BCUT2D eigenvalue weighted by Crippen LogP contribution is -2.61. The standard InChI is InChI=1S/C40H50N4O6/c1-39(2,3)35(41-34(46)26-42(7)38(49)50-40(4,5)6)37(48)44-25-32-16-12-11-15-31(32)23-33(44)36(47)43(22-21-28-13-9-8-10-14-28)24-29-17-19-30(27-45)20-18-29/h8-20,27,33,35H,21-26H2,1-7H3,(H,41,46). The highest BCUT2D eigenvalue weighted by Crippen LogP contribution is 2.29. The summed E-state index contributed by atoms with van der Waals surface area (Å²) in [5.41, 5.74) is 2.96. The maximum atomic E-state index is 14.7. The number of likely N-dealkylation sites (N-methyl/N-ethyl adjacent to an activating group) is 1. The molecule has 0 aromatic heterocycles. The number of hydrogen-bond acceptors (Lipinski definition) is 6. The van der Waals surface area contributed by atoms with E-state index in [9.17, 15) is 24.0 Å². The van der Waals surface area contributed by atoms with Crippen LogP contribution in [0.1, 0.15) is 74.2 Å². The Morgan fingerprint density at radius 2 is 1.50 bits per heavy atom. The van der Waals surface area contributed by atoms with Crippen LogP contribution in [0.15, 0.2) is 78.9 Å². The highest BCUT2D eigenvalue weighted by atomic mass is 16.6. The first-order valence-electron chi connectivity index (χ1n) is 17.0. The van der Waals surface area contributed by atoms with Crippen LogP contribution in [0.4, 0.5) is 4.79 Å². The molecule has 4 rings (SSSR count). The van der Waals surface area contributed by atoms with Crippen molar-refractivity contribution in [2.45, 2.75) is 85.2 Å². The molecule has 3 aromatic rings. The maximum Gasteiger partial charge on any atom is 0.410 e. The minimum Gasteiger partial charge on any atom is -0.444 e. The second kappa shape index (κ2) is 16.1. The van der Waals surface area contributed by atoms with E-state index >= 15 is 0 Å². The molecule has 10 nitrogen and oxygen atoms in total. The molecule has 0 saturated heterocycles. The Morgan fingerprint density at radius 3 is 2.10 bits per heavy atom. The van der Waals surface area contributed by atoms with Gasteiger partial charge < -0.3 is 24.8 Å². The van der Waals surface area contributed by atoms with E-state index in [-0.39, 0.29) is 24.9 Å². The van der Waals surface area contributed by atoms with Gasteiger partial charge in [0.1, 0.15) is 30.5 Å². The van der Waals surface area contributed by atoms with Crippen LogP contribution in [0.5, 0.6) is 0 Å². The lowest BCUT2D eigenvalue weighted by molar-refractivity contribution is -0.151. The summed E-state index contributed by atoms with van der Waals surface area (Å²) in [7, 11) is 1.47. The fraction of sp³-hybridized carbons (Fsp3) is 0.425. The van der Waals surface area contributed by atoms with Crippen LogP contribution in [0, 0.1) is 5.41 Å². The molecule has 4 amide bonds. The van der Waals surface area contributed by atoms with Crippen molar-refractivity contribution >= 4 is 30.1 Å². The SMILES string of the molecule is CN(CC(=O)NC(C(=O)N1Cc2ccccc2CC1C(=O)N(CCc1ccccc1)Cc1ccc(C=O)cc1)C(C)(C)C)C(=O)OC(C)(C)C. The van der Waals surface area contributed by atoms with Gasteiger partial charge in [0.05, 0.1) is 0 Å². The third kappa shape index (κ3) is 10.3. The van der Waals surface area contributed by atoms with Crippen molar-refractivity contribution in [3.63, 3.8) is 0 Å². The number of nitrogens with one attached hydrogen (secondary N) is 1. The lowest BCUT2D eigenvalue weighted by atomic mass is 9.84. The van der Waals surface area contributed by atoms with Crippen LogP contribution in [0.2, 0.25) is 0 Å². The molecule has 1 N–H and O–H groups in total. The molecule has 10 heteroatoms. The van der Waals surface area contributed by atoms with E-state index in [4.69, 9.17) is 4.74 Å². The number of amides is 4. The van der Waals surface area contributed by atoms with Gasteiger partial charge in [-0.3, -0.25) is 19.2 Å². The van der Waals surface area contributed by atoms with Crippen LogP contribution in [-0.2, 0) is 45.1 Å². The van der Waals surface area contributed by atoms with Crippen molar-refractivity contribution in [1.29, 1.82) is 0 Å². The van der Waals surface area contributed by atoms with Crippen molar-refractivity contribution in [1.82, 2.24) is 20.0 Å². The smallest absolute Gasteiger partial charge is 0.410 e. The molecule has 0 aliphatic carbocycles. The van der Waals surface area contributed by atoms with Crippen molar-refractivity contribution < 1.29 is 28.7 Å². The predicted octanol–water partition coefficient (Wildman–Crippen LogP) is 5.42. The molecule has 3 aromatic carbocycles. The summed E-state index contributed by atoms with van der Waals surface area (Å²) in [6.07, 6.45) is 1.06. The maximum absolute atomic E-state index is 14.7. The molecule has 1 aliphatic rings. The molecule has 0 saturated carbocycles. The molecule has 1 aliphatic heterocycles. The molecule has 0 bridgehead atoms. The zero-order valence-electron chi connectivity index (χ0n) is 30.3. The van der Waals surface area contributed by atoms with Crippen LogP contribution < -0.4 is 5.32 Å². The molecule has 266 valence electrons. The molecule has 2 atom stereocenters. The van der Waals surface area contributed by atoms with Gasteiger partial charge in [0, 0.05) is 38.7 Å². The van der Waals surface area contributed by atoms with Gasteiger partial charge in [-0.15, -0.1) is 0 Å². The molecule has 1 heterocycles. The number of benzene rings is 3. The number of carbonyl (C=O) groups is 5. The normalized spacial score (nSPS) is 14.9. The topological polar surface area (TPSA) is 116 Å². The quantitative estimate of drug-likeness (QED) is 0.270. The Labute approximate surface area is 295 Å². The van der Waals surface area contributed by atoms with Gasteiger partial charge in [0.2, 0.25) is 17.7 Å². The van der Waals surface area contributed by atoms with Gasteiger partial charge in [-0.05, 0) is 54.9 Å². The average Bonchev–Trinajstić information content (AvgIpc) is 3.07. The third-order valence-electron chi connectivity index (χ3n) is 8.64. The Hall–Kier alpha value is -4.99. The Kier molecular flexibility index (Phi) is 12.2. The number of ether oxygens (including phenoxy) is 1. The summed E-state index contributed by atoms with van der Waals surface area (Å²) in [5, 5.41) is 2.88. The highest BCUT2D eigenvalue weighted by molar-refractivity contribution is 5.94. The second-order valence-corrected chi connectivity index (χ2v) is 15.0. The van der Waals surface area contributed by atoms with Crippen LogP contribution >= 0.6 is 0 Å². The van der Waals surface area contributed by atoms with Crippen molar-refractivity contribution in [3.05, 3.63) is 107 Å². The Morgan fingerprint density at radius 1 is 0.880 bits per heavy atom. The summed E-state index contributed by atoms with van der Waals surface area (Å²) in [6.45, 7) is 11.4. The summed E-state index contributed by atoms with van der Waals surface area (Å²) in [6, 6.07) is 23.0. The van der Waals surface area contributed by atoms with E-state index in [0.29, 0.717) is 31.5 Å². The van der Waals surface area contributed by atoms with Gasteiger partial charge in [-0.25, -0.2) is 4.79 Å². The van der Waals surface area contributed by atoms with Crippen molar-refractivity contribution in [2.75, 3.05) is 20.1 Å². The molecular weight excluding hydrogens is 632 g/mol. The van der Waals surface area contributed by atoms with E-state index in [1.807, 2.05) is 87.5 Å². The summed E-state index contributed by atoms with van der Waals surface area (Å²) >= 11 is 0. The fourth-order valence-corrected chi connectivity index (χ4v) is 5.92. The van der Waals surface area contributed by atoms with Crippen molar-refractivity contribution in [3.8, 4) is 0 Å². The van der Waals surface area contributed by atoms with Gasteiger partial charge in [-0.2, -0.15) is 0 Å². The van der Waals surface area contributed by atoms with Crippen LogP contribution in [0.3, 0.4) is 0 Å². The minimum atomic E-state index is -0.990.